The molecule has 2 aromatic rings. The molecule has 53 heavy (non-hydrogen) atoms. The highest BCUT2D eigenvalue weighted by Crippen LogP contribution is 2.39. The highest BCUT2D eigenvalue weighted by atomic mass is 35.6. The molecule has 0 saturated carbocycles. The highest BCUT2D eigenvalue weighted by molar-refractivity contribution is 6.74. The number of aromatic nitrogens is 2. The lowest BCUT2D eigenvalue weighted by molar-refractivity contribution is -0.152. The number of carbonyl (C=O) groups is 4. The van der Waals surface area contributed by atoms with Crippen LogP contribution in [0.5, 0.6) is 0 Å². The highest BCUT2D eigenvalue weighted by Gasteiger charge is 2.39. The number of amides is 3. The maximum Gasteiger partial charge on any atom is 0.325 e. The van der Waals surface area contributed by atoms with E-state index in [2.05, 4.69) is 54.9 Å². The average molecular weight is 814 g/mol. The van der Waals surface area contributed by atoms with Crippen molar-refractivity contribution in [1.82, 2.24) is 31.0 Å². The molecule has 1 fully saturated rings. The number of fused-ring (bicyclic) bond motifs is 1. The number of hydrogen-bond donors (Lipinski definition) is 3. The Morgan fingerprint density at radius 3 is 2.32 bits per heavy atom. The first-order chi connectivity index (χ1) is 24.3. The molecule has 1 unspecified atom stereocenters. The summed E-state index contributed by atoms with van der Waals surface area (Å²) in [5, 5.41) is 7.81. The van der Waals surface area contributed by atoms with Crippen LogP contribution in [0.3, 0.4) is 0 Å². The normalized spacial score (nSPS) is 17.8. The molecule has 1 aliphatic heterocycles. The summed E-state index contributed by atoms with van der Waals surface area (Å²) < 4.78 is 9.82. The lowest BCUT2D eigenvalue weighted by Gasteiger charge is -2.38. The average Bonchev–Trinajstić information content (AvgIpc) is 3.06. The van der Waals surface area contributed by atoms with E-state index in [0.717, 1.165) is 16.5 Å². The van der Waals surface area contributed by atoms with Gasteiger partial charge in [0.2, 0.25) is 15.6 Å². The summed E-state index contributed by atoms with van der Waals surface area (Å²) in [6, 6.07) is 3.10. The molecule has 0 spiro atoms. The van der Waals surface area contributed by atoms with Crippen LogP contribution in [-0.2, 0) is 28.3 Å². The van der Waals surface area contributed by atoms with Gasteiger partial charge in [-0.2, -0.15) is 0 Å². The molecule has 3 amide bonds. The fraction of sp³-hybridized carbons (Fsp3) is 0.622. The van der Waals surface area contributed by atoms with Crippen molar-refractivity contribution in [3.8, 4) is 0 Å². The molecule has 294 valence electrons. The predicted octanol–water partition coefficient (Wildman–Crippen LogP) is 6.81. The summed E-state index contributed by atoms with van der Waals surface area (Å²) in [7, 11) is -2.03. The van der Waals surface area contributed by atoms with E-state index < -0.39 is 60.0 Å². The molecule has 0 bridgehead atoms. The third kappa shape index (κ3) is 12.6. The Morgan fingerprint density at radius 2 is 1.72 bits per heavy atom. The van der Waals surface area contributed by atoms with Crippen molar-refractivity contribution in [2.75, 3.05) is 13.2 Å². The minimum absolute atomic E-state index is 0.0530. The standard InChI is InChI=1S/C37H55Cl3N6O6Si/c1-22(2)29(31(47)42-23(3)32(48)46-18-12-13-27(45-46)33(49)51-21-37(38,39)40)44-34(50)36(8,9)17-16-25-14-15-26-20-41-30(43-28(26)19-25)24(4)52-53(10,11)35(5,6)7/h14-17,19-20,22-24,27,29,45H,12-13,18,21H2,1-11H3,(H,42,47)(H,44,50)/t23-,24?,27-,29-/m0/s1. The predicted molar refractivity (Wildman–Crippen MR) is 213 cm³/mol. The first-order valence-electron chi connectivity index (χ1n) is 17.9. The van der Waals surface area contributed by atoms with Gasteiger partial charge in [-0.15, -0.1) is 0 Å². The summed E-state index contributed by atoms with van der Waals surface area (Å²) in [6.07, 6.45) is 6.10. The summed E-state index contributed by atoms with van der Waals surface area (Å²) in [5.41, 5.74) is 3.46. The van der Waals surface area contributed by atoms with Crippen molar-refractivity contribution >= 4 is 83.8 Å². The van der Waals surface area contributed by atoms with E-state index in [1.807, 2.05) is 45.0 Å². The number of hydrogen-bond acceptors (Lipinski definition) is 9. The number of rotatable bonds is 13. The molecular formula is C37H55Cl3N6O6Si. The van der Waals surface area contributed by atoms with Gasteiger partial charge in [-0.25, -0.2) is 15.4 Å². The molecule has 3 N–H and O–H groups in total. The van der Waals surface area contributed by atoms with Gasteiger partial charge >= 0.3 is 5.97 Å². The molecule has 0 radical (unpaired) electrons. The summed E-state index contributed by atoms with van der Waals surface area (Å²) in [6.45, 7) is 21.5. The monoisotopic (exact) mass is 812 g/mol. The van der Waals surface area contributed by atoms with E-state index in [0.29, 0.717) is 25.2 Å². The summed E-state index contributed by atoms with van der Waals surface area (Å²) >= 11 is 17.0. The smallest absolute Gasteiger partial charge is 0.325 e. The van der Waals surface area contributed by atoms with Crippen molar-refractivity contribution in [1.29, 1.82) is 0 Å². The second-order valence-corrected chi connectivity index (χ2v) is 23.4. The van der Waals surface area contributed by atoms with Gasteiger partial charge in [0.05, 0.1) is 10.9 Å². The van der Waals surface area contributed by atoms with Gasteiger partial charge in [0, 0.05) is 18.1 Å². The number of halogens is 3. The van der Waals surface area contributed by atoms with Crippen LogP contribution in [0.1, 0.15) is 92.6 Å². The number of nitrogens with one attached hydrogen (secondary N) is 3. The van der Waals surface area contributed by atoms with Crippen LogP contribution in [0, 0.1) is 11.3 Å². The van der Waals surface area contributed by atoms with Crippen LogP contribution in [0.15, 0.2) is 30.5 Å². The number of hydrazine groups is 1. The van der Waals surface area contributed by atoms with Gasteiger partial charge < -0.3 is 19.8 Å². The fourth-order valence-corrected chi connectivity index (χ4v) is 6.74. The fourth-order valence-electron chi connectivity index (χ4n) is 5.24. The third-order valence-corrected chi connectivity index (χ3v) is 14.5. The number of alkyl halides is 3. The Balaban J connectivity index is 1.65. The van der Waals surface area contributed by atoms with E-state index in [-0.39, 0.29) is 23.0 Å². The Bertz CT molecular complexity index is 1680. The molecule has 12 nitrogen and oxygen atoms in total. The second-order valence-electron chi connectivity index (χ2n) is 16.1. The van der Waals surface area contributed by atoms with Crippen molar-refractivity contribution in [3.05, 3.63) is 41.9 Å². The second kappa shape index (κ2) is 17.8. The maximum atomic E-state index is 13.6. The first-order valence-corrected chi connectivity index (χ1v) is 21.9. The Morgan fingerprint density at radius 1 is 1.06 bits per heavy atom. The minimum atomic E-state index is -2.03. The van der Waals surface area contributed by atoms with Gasteiger partial charge in [0.25, 0.3) is 5.91 Å². The van der Waals surface area contributed by atoms with Gasteiger partial charge in [0.15, 0.2) is 14.1 Å². The molecule has 2 heterocycles. The molecule has 0 aliphatic carbocycles. The zero-order valence-electron chi connectivity index (χ0n) is 32.6. The van der Waals surface area contributed by atoms with Crippen molar-refractivity contribution in [3.63, 3.8) is 0 Å². The van der Waals surface area contributed by atoms with E-state index in [1.165, 1.54) is 11.9 Å². The molecule has 4 atom stereocenters. The van der Waals surface area contributed by atoms with Crippen LogP contribution in [0.2, 0.25) is 18.1 Å². The summed E-state index contributed by atoms with van der Waals surface area (Å²) in [4.78, 5) is 62.1. The number of ether oxygens (including phenoxy) is 1. The Labute approximate surface area is 329 Å². The van der Waals surface area contributed by atoms with Crippen LogP contribution in [0.25, 0.3) is 17.0 Å². The van der Waals surface area contributed by atoms with E-state index in [9.17, 15) is 19.2 Å². The number of nitrogens with zero attached hydrogens (tertiary/aromatic N) is 3. The Hall–Kier alpha value is -2.81. The maximum absolute atomic E-state index is 13.6. The SMILES string of the molecule is CC(O[Si](C)(C)C(C)(C)C)c1ncc2ccc(C=CC(C)(C)C(=O)N[C@H](C(=O)N[C@@H](C)C(=O)N3CCC[C@@H](C(=O)OCC(Cl)(Cl)Cl)N3)C(C)C)cc2n1. The zero-order chi connectivity index (χ0) is 40.1. The van der Waals surface area contributed by atoms with Crippen LogP contribution < -0.4 is 16.1 Å². The zero-order valence-corrected chi connectivity index (χ0v) is 35.9. The van der Waals surface area contributed by atoms with Gasteiger partial charge in [-0.3, -0.25) is 24.2 Å². The van der Waals surface area contributed by atoms with Gasteiger partial charge in [-0.05, 0) is 76.2 Å². The van der Waals surface area contributed by atoms with E-state index in [1.54, 1.807) is 26.1 Å². The molecule has 1 aliphatic rings. The topological polar surface area (TPSA) is 152 Å². The lowest BCUT2D eigenvalue weighted by Crippen LogP contribution is -2.61. The van der Waals surface area contributed by atoms with Crippen LogP contribution in [0.4, 0.5) is 0 Å². The van der Waals surface area contributed by atoms with Crippen molar-refractivity contribution in [2.24, 2.45) is 11.3 Å². The third-order valence-electron chi connectivity index (χ3n) is 9.62. The molecule has 3 rings (SSSR count). The lowest BCUT2D eigenvalue weighted by atomic mass is 9.89. The minimum Gasteiger partial charge on any atom is -0.460 e. The van der Waals surface area contributed by atoms with E-state index in [4.69, 9.17) is 48.9 Å². The van der Waals surface area contributed by atoms with Crippen molar-refractivity contribution in [2.45, 2.75) is 121 Å². The Kier molecular flexibility index (Phi) is 14.9. The molecular weight excluding hydrogens is 759 g/mol. The molecule has 1 aromatic carbocycles. The quantitative estimate of drug-likeness (QED) is 0.113. The summed E-state index contributed by atoms with van der Waals surface area (Å²) in [5.74, 6) is -1.67. The van der Waals surface area contributed by atoms with Crippen LogP contribution >= 0.6 is 34.8 Å². The first kappa shape index (κ1) is 44.6. The number of carbonyl (C=O) groups excluding carboxylic acids is 4. The van der Waals surface area contributed by atoms with Crippen molar-refractivity contribution < 1.29 is 28.3 Å². The number of benzene rings is 1. The number of esters is 1. The molecule has 1 saturated heterocycles. The van der Waals surface area contributed by atoms with Gasteiger partial charge in [-0.1, -0.05) is 93.7 Å². The largest absolute Gasteiger partial charge is 0.460 e. The van der Waals surface area contributed by atoms with Gasteiger partial charge in [0.1, 0.15) is 30.8 Å². The van der Waals surface area contributed by atoms with E-state index >= 15 is 0 Å². The molecule has 16 heteroatoms. The molecule has 1 aromatic heterocycles. The van der Waals surface area contributed by atoms with Crippen LogP contribution in [-0.4, -0.2) is 82.1 Å².